The Hall–Kier alpha value is -0.680. The SMILES string of the molecule is CCSCCC(C)n1c(CCl)nc2c(CC)nn(C)c21. The minimum atomic E-state index is 0.396. The lowest BCUT2D eigenvalue weighted by atomic mass is 10.2. The van der Waals surface area contributed by atoms with Crippen LogP contribution in [0.3, 0.4) is 0 Å². The van der Waals surface area contributed by atoms with Crippen molar-refractivity contribution in [3.05, 3.63) is 11.5 Å². The van der Waals surface area contributed by atoms with E-state index in [4.69, 9.17) is 16.6 Å². The lowest BCUT2D eigenvalue weighted by molar-refractivity contribution is 0.521. The van der Waals surface area contributed by atoms with E-state index in [1.807, 2.05) is 23.5 Å². The molecular weight excluding hydrogens is 292 g/mol. The summed E-state index contributed by atoms with van der Waals surface area (Å²) in [7, 11) is 1.99. The zero-order chi connectivity index (χ0) is 14.7. The Labute approximate surface area is 129 Å². The van der Waals surface area contributed by atoms with Crippen LogP contribution in [-0.2, 0) is 19.3 Å². The minimum absolute atomic E-state index is 0.396. The van der Waals surface area contributed by atoms with Crippen LogP contribution in [0.2, 0.25) is 0 Å². The Kier molecular flexibility index (Phi) is 5.38. The number of aromatic nitrogens is 4. The molecule has 0 N–H and O–H groups in total. The summed E-state index contributed by atoms with van der Waals surface area (Å²) in [4.78, 5) is 4.71. The molecule has 0 bridgehead atoms. The van der Waals surface area contributed by atoms with Crippen LogP contribution in [0.15, 0.2) is 0 Å². The van der Waals surface area contributed by atoms with Crippen LogP contribution < -0.4 is 0 Å². The summed E-state index contributed by atoms with van der Waals surface area (Å²) in [6.45, 7) is 6.55. The molecule has 0 aliphatic carbocycles. The average molecular weight is 315 g/mol. The first-order chi connectivity index (χ1) is 9.63. The number of imidazole rings is 1. The number of hydrogen-bond acceptors (Lipinski definition) is 3. The van der Waals surface area contributed by atoms with E-state index in [0.717, 1.165) is 41.3 Å². The van der Waals surface area contributed by atoms with E-state index < -0.39 is 0 Å². The molecule has 0 aromatic carbocycles. The Morgan fingerprint density at radius 1 is 1.35 bits per heavy atom. The third-order valence-corrected chi connectivity index (χ3v) is 4.76. The largest absolute Gasteiger partial charge is 0.309 e. The van der Waals surface area contributed by atoms with Gasteiger partial charge in [-0.1, -0.05) is 13.8 Å². The quantitative estimate of drug-likeness (QED) is 0.576. The molecule has 4 nitrogen and oxygen atoms in total. The van der Waals surface area contributed by atoms with Crippen molar-refractivity contribution in [2.75, 3.05) is 11.5 Å². The first-order valence-electron chi connectivity index (χ1n) is 7.20. The zero-order valence-corrected chi connectivity index (χ0v) is 14.3. The van der Waals surface area contributed by atoms with Gasteiger partial charge in [0.15, 0.2) is 5.65 Å². The highest BCUT2D eigenvalue weighted by atomic mass is 35.5. The Bertz CT molecular complexity index is 575. The summed E-state index contributed by atoms with van der Waals surface area (Å²) in [5, 5.41) is 4.57. The lowest BCUT2D eigenvalue weighted by Gasteiger charge is -2.16. The highest BCUT2D eigenvalue weighted by Gasteiger charge is 2.21. The van der Waals surface area contributed by atoms with Gasteiger partial charge >= 0.3 is 0 Å². The molecule has 0 amide bonds. The standard InChI is InChI=1S/C14H23ClN4S/c1-5-11-13-14(18(4)17-11)19(12(9-15)16-13)10(3)7-8-20-6-2/h10H,5-9H2,1-4H3. The summed E-state index contributed by atoms with van der Waals surface area (Å²) in [5.41, 5.74) is 3.18. The van der Waals surface area contributed by atoms with Crippen molar-refractivity contribution >= 4 is 34.5 Å². The molecule has 0 radical (unpaired) electrons. The summed E-state index contributed by atoms with van der Waals surface area (Å²) in [5.74, 6) is 3.74. The number of aryl methyl sites for hydroxylation is 2. The Balaban J connectivity index is 2.41. The molecule has 0 spiro atoms. The van der Waals surface area contributed by atoms with Gasteiger partial charge in [0, 0.05) is 13.1 Å². The maximum atomic E-state index is 6.10. The molecule has 20 heavy (non-hydrogen) atoms. The number of alkyl halides is 1. The van der Waals surface area contributed by atoms with E-state index in [9.17, 15) is 0 Å². The van der Waals surface area contributed by atoms with Crippen molar-refractivity contribution in [2.45, 2.75) is 45.5 Å². The van der Waals surface area contributed by atoms with Crippen molar-refractivity contribution < 1.29 is 0 Å². The molecule has 112 valence electrons. The van der Waals surface area contributed by atoms with Gasteiger partial charge in [0.05, 0.1) is 11.6 Å². The molecular formula is C14H23ClN4S. The smallest absolute Gasteiger partial charge is 0.158 e. The molecule has 6 heteroatoms. The maximum absolute atomic E-state index is 6.10. The molecule has 0 aliphatic rings. The zero-order valence-electron chi connectivity index (χ0n) is 12.7. The molecule has 2 heterocycles. The Morgan fingerprint density at radius 2 is 2.10 bits per heavy atom. The second-order valence-corrected chi connectivity index (χ2v) is 6.62. The predicted molar refractivity (Wildman–Crippen MR) is 87.8 cm³/mol. The van der Waals surface area contributed by atoms with Crippen molar-refractivity contribution in [1.82, 2.24) is 19.3 Å². The van der Waals surface area contributed by atoms with Gasteiger partial charge in [-0.05, 0) is 31.3 Å². The number of fused-ring (bicyclic) bond motifs is 1. The van der Waals surface area contributed by atoms with Gasteiger partial charge < -0.3 is 4.57 Å². The van der Waals surface area contributed by atoms with E-state index in [1.165, 1.54) is 5.75 Å². The van der Waals surface area contributed by atoms with Crippen LogP contribution in [-0.4, -0.2) is 30.8 Å². The van der Waals surface area contributed by atoms with Gasteiger partial charge in [-0.25, -0.2) is 4.98 Å². The number of thioether (sulfide) groups is 1. The second-order valence-electron chi connectivity index (χ2n) is 4.96. The van der Waals surface area contributed by atoms with Crippen molar-refractivity contribution in [2.24, 2.45) is 7.05 Å². The van der Waals surface area contributed by atoms with E-state index >= 15 is 0 Å². The second kappa shape index (κ2) is 6.85. The van der Waals surface area contributed by atoms with Gasteiger partial charge in [-0.15, -0.1) is 11.6 Å². The predicted octanol–water partition coefficient (Wildman–Crippen LogP) is 3.78. The maximum Gasteiger partial charge on any atom is 0.158 e. The first kappa shape index (κ1) is 15.7. The van der Waals surface area contributed by atoms with E-state index in [-0.39, 0.29) is 0 Å². The van der Waals surface area contributed by atoms with Gasteiger partial charge in [0.1, 0.15) is 11.3 Å². The first-order valence-corrected chi connectivity index (χ1v) is 8.89. The van der Waals surface area contributed by atoms with E-state index in [1.54, 1.807) is 0 Å². The molecule has 0 aliphatic heterocycles. The lowest BCUT2D eigenvalue weighted by Crippen LogP contribution is -2.12. The molecule has 2 rings (SSSR count). The average Bonchev–Trinajstić information content (AvgIpc) is 2.96. The van der Waals surface area contributed by atoms with Gasteiger partial charge in [0.2, 0.25) is 0 Å². The fraction of sp³-hybridized carbons (Fsp3) is 0.714. The van der Waals surface area contributed by atoms with Gasteiger partial charge in [0.25, 0.3) is 0 Å². The van der Waals surface area contributed by atoms with Gasteiger partial charge in [-0.2, -0.15) is 16.9 Å². The number of halogens is 1. The highest BCUT2D eigenvalue weighted by molar-refractivity contribution is 7.99. The van der Waals surface area contributed by atoms with E-state index in [0.29, 0.717) is 11.9 Å². The molecule has 2 aromatic heterocycles. The third-order valence-electron chi connectivity index (χ3n) is 3.59. The normalized spacial score (nSPS) is 13.2. The number of nitrogens with zero attached hydrogens (tertiary/aromatic N) is 4. The number of hydrogen-bond donors (Lipinski definition) is 0. The molecule has 1 atom stereocenters. The molecule has 0 saturated heterocycles. The summed E-state index contributed by atoms with van der Waals surface area (Å²) < 4.78 is 4.21. The summed E-state index contributed by atoms with van der Waals surface area (Å²) in [6, 6.07) is 0.396. The van der Waals surface area contributed by atoms with Crippen molar-refractivity contribution in [1.29, 1.82) is 0 Å². The van der Waals surface area contributed by atoms with Crippen LogP contribution >= 0.6 is 23.4 Å². The van der Waals surface area contributed by atoms with Crippen molar-refractivity contribution in [3.8, 4) is 0 Å². The summed E-state index contributed by atoms with van der Waals surface area (Å²) >= 11 is 8.07. The molecule has 2 aromatic rings. The summed E-state index contributed by atoms with van der Waals surface area (Å²) in [6.07, 6.45) is 2.02. The molecule has 1 unspecified atom stereocenters. The Morgan fingerprint density at radius 3 is 2.70 bits per heavy atom. The fourth-order valence-corrected chi connectivity index (χ4v) is 3.56. The fourth-order valence-electron chi connectivity index (χ4n) is 2.57. The van der Waals surface area contributed by atoms with Crippen LogP contribution in [0.5, 0.6) is 0 Å². The molecule has 0 fully saturated rings. The van der Waals surface area contributed by atoms with Crippen LogP contribution in [0.25, 0.3) is 11.2 Å². The minimum Gasteiger partial charge on any atom is -0.309 e. The van der Waals surface area contributed by atoms with Crippen molar-refractivity contribution in [3.63, 3.8) is 0 Å². The van der Waals surface area contributed by atoms with Crippen LogP contribution in [0.4, 0.5) is 0 Å². The molecule has 0 saturated carbocycles. The monoisotopic (exact) mass is 314 g/mol. The van der Waals surface area contributed by atoms with Crippen LogP contribution in [0.1, 0.15) is 44.8 Å². The van der Waals surface area contributed by atoms with Gasteiger partial charge in [-0.3, -0.25) is 4.68 Å². The highest BCUT2D eigenvalue weighted by Crippen LogP contribution is 2.27. The van der Waals surface area contributed by atoms with E-state index in [2.05, 4.69) is 30.4 Å². The topological polar surface area (TPSA) is 35.6 Å². The van der Waals surface area contributed by atoms with Crippen LogP contribution in [0, 0.1) is 0 Å². The number of rotatable bonds is 7. The third kappa shape index (κ3) is 2.84.